The number of piperidine rings is 3. The molecule has 3 fully saturated rings. The molecule has 1 aromatic rings. The highest BCUT2D eigenvalue weighted by molar-refractivity contribution is 5.79. The molecule has 1 aromatic carbocycles. The van der Waals surface area contributed by atoms with E-state index in [1.807, 2.05) is 0 Å². The van der Waals surface area contributed by atoms with Crippen LogP contribution in [0.5, 0.6) is 0 Å². The van der Waals surface area contributed by atoms with Gasteiger partial charge in [-0.2, -0.15) is 0 Å². The summed E-state index contributed by atoms with van der Waals surface area (Å²) >= 11 is 0. The van der Waals surface area contributed by atoms with Gasteiger partial charge in [-0.15, -0.1) is 0 Å². The summed E-state index contributed by atoms with van der Waals surface area (Å²) in [5.74, 6) is 0.882. The van der Waals surface area contributed by atoms with Crippen LogP contribution in [-0.2, 0) is 24.1 Å². The topological polar surface area (TPSA) is 32.3 Å². The van der Waals surface area contributed by atoms with Crippen LogP contribution in [0.2, 0.25) is 0 Å². The van der Waals surface area contributed by atoms with E-state index in [4.69, 9.17) is 0 Å². The Balaban J connectivity index is 1.40. The van der Waals surface area contributed by atoms with Gasteiger partial charge in [-0.25, -0.2) is 0 Å². The molecule has 2 bridgehead atoms. The van der Waals surface area contributed by atoms with Gasteiger partial charge in [-0.3, -0.25) is 9.69 Å². The molecule has 2 atom stereocenters. The molecule has 5 rings (SSSR count). The molecule has 3 nitrogen and oxygen atoms in total. The van der Waals surface area contributed by atoms with Crippen molar-refractivity contribution in [1.29, 1.82) is 0 Å². The molecule has 0 radical (unpaired) electrons. The number of benzene rings is 1. The predicted molar refractivity (Wildman–Crippen MR) is 87.9 cm³/mol. The summed E-state index contributed by atoms with van der Waals surface area (Å²) in [6.07, 6.45) is 6.67. The summed E-state index contributed by atoms with van der Waals surface area (Å²) in [7, 11) is 0. The number of amides is 1. The fraction of sp³-hybridized carbons (Fsp3) is 0.632. The van der Waals surface area contributed by atoms with Gasteiger partial charge in [0.15, 0.2) is 0 Å². The van der Waals surface area contributed by atoms with Crippen molar-refractivity contribution in [2.45, 2.75) is 57.5 Å². The van der Waals surface area contributed by atoms with Crippen LogP contribution in [0.15, 0.2) is 18.2 Å². The molecule has 4 aliphatic rings. The molecule has 1 amide bonds. The Morgan fingerprint density at radius 1 is 1.23 bits per heavy atom. The summed E-state index contributed by atoms with van der Waals surface area (Å²) in [6, 6.07) is 7.47. The minimum atomic E-state index is 0.198. The van der Waals surface area contributed by atoms with E-state index >= 15 is 0 Å². The van der Waals surface area contributed by atoms with Gasteiger partial charge in [0.2, 0.25) is 5.91 Å². The first-order valence-corrected chi connectivity index (χ1v) is 8.85. The molecule has 3 heterocycles. The van der Waals surface area contributed by atoms with Crippen molar-refractivity contribution in [2.75, 3.05) is 13.1 Å². The number of rotatable bonds is 3. The highest BCUT2D eigenvalue weighted by Crippen LogP contribution is 2.32. The average molecular weight is 298 g/mol. The first-order chi connectivity index (χ1) is 10.7. The lowest BCUT2D eigenvalue weighted by Gasteiger charge is -2.50. The lowest BCUT2D eigenvalue weighted by atomic mass is 9.79. The quantitative estimate of drug-likeness (QED) is 0.929. The molecule has 0 saturated carbocycles. The Morgan fingerprint density at radius 3 is 2.77 bits per heavy atom. The minimum absolute atomic E-state index is 0.198. The van der Waals surface area contributed by atoms with Crippen molar-refractivity contribution in [1.82, 2.24) is 10.2 Å². The van der Waals surface area contributed by atoms with Gasteiger partial charge in [-0.1, -0.05) is 18.2 Å². The lowest BCUT2D eigenvalue weighted by Crippen LogP contribution is -2.62. The second-order valence-electron chi connectivity index (χ2n) is 7.34. The van der Waals surface area contributed by atoms with Crippen LogP contribution >= 0.6 is 0 Å². The molecule has 118 valence electrons. The van der Waals surface area contributed by atoms with E-state index in [-0.39, 0.29) is 5.91 Å². The highest BCUT2D eigenvalue weighted by atomic mass is 16.1. The third-order valence-electron chi connectivity index (χ3n) is 6.03. The maximum absolute atomic E-state index is 12.5. The zero-order chi connectivity index (χ0) is 15.1. The van der Waals surface area contributed by atoms with Crippen LogP contribution in [-0.4, -0.2) is 36.0 Å². The largest absolute Gasteiger partial charge is 0.351 e. The van der Waals surface area contributed by atoms with Crippen LogP contribution in [0.3, 0.4) is 0 Å². The van der Waals surface area contributed by atoms with Gasteiger partial charge in [0.25, 0.3) is 0 Å². The smallest absolute Gasteiger partial charge is 0.224 e. The Morgan fingerprint density at radius 2 is 2.00 bits per heavy atom. The van der Waals surface area contributed by atoms with Gasteiger partial charge in [0.1, 0.15) is 0 Å². The standard InChI is InChI=1S/C19H26N2O/c1-13-19(16-7-9-21(13)10-8-16)20-18(22)12-14-5-6-15-3-2-4-17(15)11-14/h5-6,11,13,16,19H,2-4,7-10,12H2,1H3,(H,20,22)/t13-,19+/m1/s1. The maximum atomic E-state index is 12.5. The minimum Gasteiger partial charge on any atom is -0.351 e. The molecule has 22 heavy (non-hydrogen) atoms. The van der Waals surface area contributed by atoms with E-state index in [2.05, 4.69) is 35.3 Å². The summed E-state index contributed by atoms with van der Waals surface area (Å²) in [4.78, 5) is 15.0. The van der Waals surface area contributed by atoms with Gasteiger partial charge in [0, 0.05) is 12.1 Å². The van der Waals surface area contributed by atoms with Gasteiger partial charge in [-0.05, 0) is 74.7 Å². The Kier molecular flexibility index (Phi) is 3.69. The van der Waals surface area contributed by atoms with Crippen molar-refractivity contribution in [2.24, 2.45) is 5.92 Å². The Hall–Kier alpha value is -1.35. The van der Waals surface area contributed by atoms with Gasteiger partial charge >= 0.3 is 0 Å². The van der Waals surface area contributed by atoms with E-state index in [1.54, 1.807) is 0 Å². The van der Waals surface area contributed by atoms with Crippen molar-refractivity contribution in [3.63, 3.8) is 0 Å². The van der Waals surface area contributed by atoms with E-state index < -0.39 is 0 Å². The molecule has 0 unspecified atom stereocenters. The van der Waals surface area contributed by atoms with E-state index in [1.165, 1.54) is 61.9 Å². The van der Waals surface area contributed by atoms with E-state index in [0.717, 1.165) is 0 Å². The second kappa shape index (κ2) is 5.69. The monoisotopic (exact) mass is 298 g/mol. The van der Waals surface area contributed by atoms with Crippen LogP contribution in [0, 0.1) is 5.92 Å². The molecule has 3 heteroatoms. The first kappa shape index (κ1) is 14.3. The highest BCUT2D eigenvalue weighted by Gasteiger charge is 2.40. The van der Waals surface area contributed by atoms with Crippen LogP contribution in [0.1, 0.15) is 42.9 Å². The van der Waals surface area contributed by atoms with Crippen molar-refractivity contribution < 1.29 is 4.79 Å². The number of hydrogen-bond acceptors (Lipinski definition) is 2. The van der Waals surface area contributed by atoms with Crippen LogP contribution in [0.4, 0.5) is 0 Å². The third-order valence-corrected chi connectivity index (χ3v) is 6.03. The first-order valence-electron chi connectivity index (χ1n) is 8.85. The molecule has 3 aliphatic heterocycles. The lowest BCUT2D eigenvalue weighted by molar-refractivity contribution is -0.123. The second-order valence-corrected chi connectivity index (χ2v) is 7.34. The number of carbonyl (C=O) groups excluding carboxylic acids is 1. The summed E-state index contributed by atoms with van der Waals surface area (Å²) in [5.41, 5.74) is 4.11. The Bertz CT molecular complexity index is 573. The van der Waals surface area contributed by atoms with E-state index in [9.17, 15) is 4.79 Å². The number of nitrogens with one attached hydrogen (secondary N) is 1. The van der Waals surface area contributed by atoms with Crippen molar-refractivity contribution in [3.05, 3.63) is 34.9 Å². The van der Waals surface area contributed by atoms with Crippen LogP contribution in [0.25, 0.3) is 0 Å². The summed E-state index contributed by atoms with van der Waals surface area (Å²) in [6.45, 7) is 4.69. The maximum Gasteiger partial charge on any atom is 0.224 e. The zero-order valence-electron chi connectivity index (χ0n) is 13.5. The van der Waals surface area contributed by atoms with Gasteiger partial charge < -0.3 is 5.32 Å². The SMILES string of the molecule is C[C@@H]1[C@H](NC(=O)Cc2ccc3c(c2)CCC3)C2CCN1CC2. The number of aryl methyl sites for hydroxylation is 2. The van der Waals surface area contributed by atoms with E-state index in [0.29, 0.717) is 24.4 Å². The number of hydrogen-bond donors (Lipinski definition) is 1. The molecular formula is C19H26N2O. The van der Waals surface area contributed by atoms with Crippen LogP contribution < -0.4 is 5.32 Å². The predicted octanol–water partition coefficient (Wildman–Crippen LogP) is 2.32. The number of fused-ring (bicyclic) bond motifs is 4. The van der Waals surface area contributed by atoms with Crippen molar-refractivity contribution in [3.8, 4) is 0 Å². The van der Waals surface area contributed by atoms with Crippen molar-refractivity contribution >= 4 is 5.91 Å². The Labute approximate surface area is 133 Å². The van der Waals surface area contributed by atoms with Gasteiger partial charge in [0.05, 0.1) is 6.42 Å². The number of nitrogens with zero attached hydrogens (tertiary/aromatic N) is 1. The molecule has 3 saturated heterocycles. The average Bonchev–Trinajstić information content (AvgIpc) is 2.99. The fourth-order valence-electron chi connectivity index (χ4n) is 4.70. The fourth-order valence-corrected chi connectivity index (χ4v) is 4.70. The molecular weight excluding hydrogens is 272 g/mol. The summed E-state index contributed by atoms with van der Waals surface area (Å²) < 4.78 is 0. The molecule has 0 spiro atoms. The molecule has 1 N–H and O–H groups in total. The zero-order valence-corrected chi connectivity index (χ0v) is 13.5. The molecule has 0 aromatic heterocycles. The normalized spacial score (nSPS) is 32.8. The third kappa shape index (κ3) is 2.56. The number of carbonyl (C=O) groups is 1. The molecule has 1 aliphatic carbocycles. The summed E-state index contributed by atoms with van der Waals surface area (Å²) in [5, 5.41) is 3.34.